The number of carbonyl (C=O) groups excluding carboxylic acids is 1. The first-order valence-corrected chi connectivity index (χ1v) is 7.17. The molecule has 6 heteroatoms. The first-order valence-electron chi connectivity index (χ1n) is 7.17. The number of nitrogens with zero attached hydrogens (tertiary/aromatic N) is 3. The van der Waals surface area contributed by atoms with Gasteiger partial charge in [0.25, 0.3) is 0 Å². The number of hydrogen-bond donors (Lipinski definition) is 1. The van der Waals surface area contributed by atoms with Crippen LogP contribution in [-0.2, 0) is 4.79 Å². The molecular formula is C14H20N4O2. The van der Waals surface area contributed by atoms with Gasteiger partial charge in [-0.1, -0.05) is 0 Å². The van der Waals surface area contributed by atoms with Gasteiger partial charge in [0.2, 0.25) is 11.8 Å². The molecule has 1 saturated carbocycles. The number of aromatic nitrogens is 2. The normalized spacial score (nSPS) is 19.8. The summed E-state index contributed by atoms with van der Waals surface area (Å²) in [5.74, 6) is 2.02. The van der Waals surface area contributed by atoms with Gasteiger partial charge < -0.3 is 15.0 Å². The summed E-state index contributed by atoms with van der Waals surface area (Å²) < 4.78 is 5.08. The highest BCUT2D eigenvalue weighted by Gasteiger charge is 2.34. The topological polar surface area (TPSA) is 67.3 Å². The number of rotatable bonds is 4. The van der Waals surface area contributed by atoms with Crippen LogP contribution in [0.2, 0.25) is 0 Å². The van der Waals surface area contributed by atoms with Crippen molar-refractivity contribution in [2.24, 2.45) is 5.92 Å². The van der Waals surface area contributed by atoms with Crippen molar-refractivity contribution in [3.05, 3.63) is 12.4 Å². The Bertz CT molecular complexity index is 482. The van der Waals surface area contributed by atoms with Crippen molar-refractivity contribution in [3.8, 4) is 5.88 Å². The van der Waals surface area contributed by atoms with Gasteiger partial charge in [0.05, 0.1) is 7.11 Å². The third-order valence-corrected chi connectivity index (χ3v) is 3.94. The Morgan fingerprint density at radius 3 is 2.70 bits per heavy atom. The van der Waals surface area contributed by atoms with Gasteiger partial charge in [0, 0.05) is 31.1 Å². The zero-order chi connectivity index (χ0) is 13.9. The van der Waals surface area contributed by atoms with Crippen LogP contribution in [0, 0.1) is 5.92 Å². The lowest BCUT2D eigenvalue weighted by Crippen LogP contribution is -2.43. The van der Waals surface area contributed by atoms with Crippen molar-refractivity contribution < 1.29 is 9.53 Å². The number of anilines is 1. The van der Waals surface area contributed by atoms with E-state index in [-0.39, 0.29) is 0 Å². The summed E-state index contributed by atoms with van der Waals surface area (Å²) in [6.45, 7) is 1.68. The Kier molecular flexibility index (Phi) is 3.71. The molecule has 1 N–H and O–H groups in total. The van der Waals surface area contributed by atoms with Crippen LogP contribution in [0.15, 0.2) is 12.4 Å². The summed E-state index contributed by atoms with van der Waals surface area (Å²) in [6, 6.07) is 2.15. The molecule has 0 radical (unpaired) electrons. The summed E-state index contributed by atoms with van der Waals surface area (Å²) in [4.78, 5) is 22.2. The first kappa shape index (κ1) is 13.1. The second-order valence-corrected chi connectivity index (χ2v) is 5.46. The molecule has 0 unspecified atom stereocenters. The van der Waals surface area contributed by atoms with E-state index in [1.54, 1.807) is 13.2 Å². The average molecular weight is 276 g/mol. The lowest BCUT2D eigenvalue weighted by atomic mass is 10.0. The minimum Gasteiger partial charge on any atom is -0.481 e. The quantitative estimate of drug-likeness (QED) is 0.897. The molecule has 20 heavy (non-hydrogen) atoms. The molecule has 2 aliphatic rings. The molecule has 0 atom stereocenters. The van der Waals surface area contributed by atoms with Gasteiger partial charge in [0.1, 0.15) is 12.1 Å². The number of ether oxygens (including phenoxy) is 1. The maximum absolute atomic E-state index is 12.0. The standard InChI is InChI=1S/C14H20N4O2/c1-20-13-8-12(15-9-16-13)17-11-4-6-18(7-5-11)14(19)10-2-3-10/h8-11H,2-7H2,1H3,(H,15,16,17). The zero-order valence-corrected chi connectivity index (χ0v) is 11.7. The lowest BCUT2D eigenvalue weighted by Gasteiger charge is -2.32. The Hall–Kier alpha value is -1.85. The Morgan fingerprint density at radius 2 is 2.05 bits per heavy atom. The molecule has 1 saturated heterocycles. The SMILES string of the molecule is COc1cc(NC2CCN(C(=O)C3CC3)CC2)ncn1. The van der Waals surface area contributed by atoms with Gasteiger partial charge in [-0.25, -0.2) is 9.97 Å². The zero-order valence-electron chi connectivity index (χ0n) is 11.7. The fourth-order valence-electron chi connectivity index (χ4n) is 2.57. The third-order valence-electron chi connectivity index (χ3n) is 3.94. The van der Waals surface area contributed by atoms with Crippen molar-refractivity contribution in [2.45, 2.75) is 31.7 Å². The maximum atomic E-state index is 12.0. The largest absolute Gasteiger partial charge is 0.481 e. The van der Waals surface area contributed by atoms with E-state index in [0.29, 0.717) is 23.7 Å². The highest BCUT2D eigenvalue weighted by atomic mass is 16.5. The summed E-state index contributed by atoms with van der Waals surface area (Å²) in [5, 5.41) is 3.39. The highest BCUT2D eigenvalue weighted by molar-refractivity contribution is 5.81. The van der Waals surface area contributed by atoms with E-state index in [0.717, 1.165) is 44.6 Å². The van der Waals surface area contributed by atoms with Crippen LogP contribution < -0.4 is 10.1 Å². The van der Waals surface area contributed by atoms with Crippen LogP contribution in [0.1, 0.15) is 25.7 Å². The van der Waals surface area contributed by atoms with Gasteiger partial charge in [0.15, 0.2) is 0 Å². The number of piperidine rings is 1. The lowest BCUT2D eigenvalue weighted by molar-refractivity contribution is -0.133. The summed E-state index contributed by atoms with van der Waals surface area (Å²) in [5.41, 5.74) is 0. The van der Waals surface area contributed by atoms with Gasteiger partial charge >= 0.3 is 0 Å². The van der Waals surface area contributed by atoms with Gasteiger partial charge in [-0.3, -0.25) is 4.79 Å². The summed E-state index contributed by atoms with van der Waals surface area (Å²) >= 11 is 0. The Balaban J connectivity index is 1.51. The van der Waals surface area contributed by atoms with Crippen LogP contribution in [0.3, 0.4) is 0 Å². The molecule has 1 aromatic heterocycles. The second-order valence-electron chi connectivity index (χ2n) is 5.46. The van der Waals surface area contributed by atoms with E-state index < -0.39 is 0 Å². The van der Waals surface area contributed by atoms with Crippen molar-refractivity contribution in [3.63, 3.8) is 0 Å². The van der Waals surface area contributed by atoms with Crippen molar-refractivity contribution in [1.82, 2.24) is 14.9 Å². The molecular weight excluding hydrogens is 256 g/mol. The van der Waals surface area contributed by atoms with Crippen molar-refractivity contribution in [1.29, 1.82) is 0 Å². The molecule has 0 bridgehead atoms. The number of methoxy groups -OCH3 is 1. The molecule has 3 rings (SSSR count). The number of hydrogen-bond acceptors (Lipinski definition) is 5. The van der Waals surface area contributed by atoms with Gasteiger partial charge in [-0.05, 0) is 25.7 Å². The number of nitrogens with one attached hydrogen (secondary N) is 1. The molecule has 2 fully saturated rings. The minimum atomic E-state index is 0.325. The van der Waals surface area contributed by atoms with E-state index in [9.17, 15) is 4.79 Å². The molecule has 6 nitrogen and oxygen atoms in total. The number of likely N-dealkylation sites (tertiary alicyclic amines) is 1. The van der Waals surface area contributed by atoms with Crippen LogP contribution >= 0.6 is 0 Å². The maximum Gasteiger partial charge on any atom is 0.225 e. The molecule has 108 valence electrons. The van der Waals surface area contributed by atoms with E-state index in [1.165, 1.54) is 6.33 Å². The van der Waals surface area contributed by atoms with Crippen molar-refractivity contribution in [2.75, 3.05) is 25.5 Å². The highest BCUT2D eigenvalue weighted by Crippen LogP contribution is 2.32. The number of carbonyl (C=O) groups is 1. The summed E-state index contributed by atoms with van der Waals surface area (Å²) in [6.07, 6.45) is 5.58. The first-order chi connectivity index (χ1) is 9.76. The average Bonchev–Trinajstić information content (AvgIpc) is 3.32. The molecule has 0 spiro atoms. The number of amides is 1. The van der Waals surface area contributed by atoms with Crippen molar-refractivity contribution >= 4 is 11.7 Å². The van der Waals surface area contributed by atoms with Gasteiger partial charge in [-0.2, -0.15) is 0 Å². The third kappa shape index (κ3) is 3.00. The van der Waals surface area contributed by atoms with Crippen LogP contribution in [-0.4, -0.2) is 47.0 Å². The minimum absolute atomic E-state index is 0.325. The van der Waals surface area contributed by atoms with E-state index in [4.69, 9.17) is 4.74 Å². The van der Waals surface area contributed by atoms with E-state index >= 15 is 0 Å². The Morgan fingerprint density at radius 1 is 1.30 bits per heavy atom. The fourth-order valence-corrected chi connectivity index (χ4v) is 2.57. The second kappa shape index (κ2) is 5.64. The predicted molar refractivity (Wildman–Crippen MR) is 74.5 cm³/mol. The molecule has 1 aromatic rings. The smallest absolute Gasteiger partial charge is 0.225 e. The van der Waals surface area contributed by atoms with Crippen LogP contribution in [0.5, 0.6) is 5.88 Å². The van der Waals surface area contributed by atoms with Crippen LogP contribution in [0.4, 0.5) is 5.82 Å². The molecule has 1 aliphatic carbocycles. The fraction of sp³-hybridized carbons (Fsp3) is 0.643. The monoisotopic (exact) mass is 276 g/mol. The van der Waals surface area contributed by atoms with E-state index in [2.05, 4.69) is 15.3 Å². The predicted octanol–water partition coefficient (Wildman–Crippen LogP) is 1.30. The molecule has 2 heterocycles. The molecule has 1 amide bonds. The van der Waals surface area contributed by atoms with Crippen LogP contribution in [0.25, 0.3) is 0 Å². The molecule has 1 aliphatic heterocycles. The summed E-state index contributed by atoms with van der Waals surface area (Å²) in [7, 11) is 1.59. The molecule has 0 aromatic carbocycles. The Labute approximate surface area is 118 Å². The van der Waals surface area contributed by atoms with Gasteiger partial charge in [-0.15, -0.1) is 0 Å². The van der Waals surface area contributed by atoms with E-state index in [1.807, 2.05) is 4.90 Å².